The second-order valence-electron chi connectivity index (χ2n) is 6.57. The van der Waals surface area contributed by atoms with E-state index in [2.05, 4.69) is 36.2 Å². The van der Waals surface area contributed by atoms with Gasteiger partial charge in [-0.1, -0.05) is 0 Å². The van der Waals surface area contributed by atoms with E-state index in [1.165, 1.54) is 12.4 Å². The first-order chi connectivity index (χ1) is 13.7. The highest BCUT2D eigenvalue weighted by Crippen LogP contribution is 2.22. The van der Waals surface area contributed by atoms with Crippen LogP contribution in [-0.2, 0) is 0 Å². The minimum atomic E-state index is -0.160. The summed E-state index contributed by atoms with van der Waals surface area (Å²) in [7, 11) is 0. The lowest BCUT2D eigenvalue weighted by Gasteiger charge is -2.24. The van der Waals surface area contributed by atoms with Gasteiger partial charge in [-0.15, -0.1) is 0 Å². The monoisotopic (exact) mass is 380 g/mol. The largest absolute Gasteiger partial charge is 0.384 e. The van der Waals surface area contributed by atoms with Crippen LogP contribution in [0.3, 0.4) is 0 Å². The van der Waals surface area contributed by atoms with Gasteiger partial charge in [0.15, 0.2) is 5.69 Å². The van der Waals surface area contributed by atoms with Gasteiger partial charge in [-0.05, 0) is 38.8 Å². The van der Waals surface area contributed by atoms with Crippen LogP contribution in [0.1, 0.15) is 35.8 Å². The van der Waals surface area contributed by atoms with Gasteiger partial charge < -0.3 is 21.3 Å². The lowest BCUT2D eigenvalue weighted by Crippen LogP contribution is -2.31. The van der Waals surface area contributed by atoms with E-state index in [4.69, 9.17) is 5.26 Å². The quantitative estimate of drug-likeness (QED) is 0.571. The van der Waals surface area contributed by atoms with Gasteiger partial charge in [0.05, 0.1) is 23.6 Å². The molecule has 1 amide bonds. The Morgan fingerprint density at radius 2 is 2.00 bits per heavy atom. The summed E-state index contributed by atoms with van der Waals surface area (Å²) in [5.74, 6) is 1.42. The zero-order chi connectivity index (χ0) is 19.8. The number of nitriles is 1. The maximum atomic E-state index is 12.4. The molecule has 0 aromatic carbocycles. The first-order valence-corrected chi connectivity index (χ1v) is 9.41. The number of carbonyl (C=O) groups is 1. The first-order valence-electron chi connectivity index (χ1n) is 9.41. The third-order valence-electron chi connectivity index (χ3n) is 4.55. The number of anilines is 3. The number of aromatic nitrogens is 3. The second kappa shape index (κ2) is 9.62. The van der Waals surface area contributed by atoms with Crippen molar-refractivity contribution in [1.29, 1.82) is 5.26 Å². The molecule has 1 saturated heterocycles. The Labute approximate surface area is 164 Å². The number of rotatable bonds is 7. The van der Waals surface area contributed by atoms with Gasteiger partial charge in [-0.3, -0.25) is 4.79 Å². The summed E-state index contributed by atoms with van der Waals surface area (Å²) in [6.07, 6.45) is 6.64. The van der Waals surface area contributed by atoms with Crippen LogP contribution in [0.5, 0.6) is 0 Å². The van der Waals surface area contributed by atoms with Gasteiger partial charge >= 0.3 is 0 Å². The molecule has 1 aliphatic heterocycles. The van der Waals surface area contributed by atoms with Crippen LogP contribution < -0.4 is 21.3 Å². The zero-order valence-corrected chi connectivity index (χ0v) is 15.8. The number of piperidine rings is 1. The highest BCUT2D eigenvalue weighted by atomic mass is 16.1. The molecule has 0 radical (unpaired) electrons. The summed E-state index contributed by atoms with van der Waals surface area (Å²) in [4.78, 5) is 24.8. The molecular weight excluding hydrogens is 356 g/mol. The van der Waals surface area contributed by atoms with Crippen LogP contribution in [-0.4, -0.2) is 47.0 Å². The van der Waals surface area contributed by atoms with E-state index < -0.39 is 0 Å². The zero-order valence-electron chi connectivity index (χ0n) is 15.8. The molecule has 0 atom stereocenters. The van der Waals surface area contributed by atoms with Crippen molar-refractivity contribution in [2.75, 3.05) is 36.8 Å². The van der Waals surface area contributed by atoms with Crippen LogP contribution in [0.2, 0.25) is 0 Å². The summed E-state index contributed by atoms with van der Waals surface area (Å²) in [6, 6.07) is 3.73. The smallest absolute Gasteiger partial charge is 0.254 e. The maximum absolute atomic E-state index is 12.4. The molecule has 28 heavy (non-hydrogen) atoms. The molecule has 4 N–H and O–H groups in total. The lowest BCUT2D eigenvalue weighted by molar-refractivity contribution is 0.0956. The van der Waals surface area contributed by atoms with E-state index in [1.807, 2.05) is 13.0 Å². The fourth-order valence-electron chi connectivity index (χ4n) is 3.03. The molecule has 2 aromatic heterocycles. The van der Waals surface area contributed by atoms with Crippen molar-refractivity contribution in [3.05, 3.63) is 35.9 Å². The molecular formula is C19H24N8O. The fourth-order valence-corrected chi connectivity index (χ4v) is 3.03. The fraction of sp³-hybridized carbons (Fsp3) is 0.421. The standard InChI is InChI=1S/C19H24N8O/c1-2-22-19(28)15-11-26-17(27-18-12-23-14(8-20)10-25-18)7-16(15)24-9-13-3-5-21-6-4-13/h7,10-13,21H,2-6,9H2,1H3,(H,22,28)(H2,24,25,26,27). The number of carbonyl (C=O) groups excluding carboxylic acids is 1. The van der Waals surface area contributed by atoms with E-state index in [0.29, 0.717) is 29.7 Å². The molecule has 3 heterocycles. The highest BCUT2D eigenvalue weighted by molar-refractivity contribution is 5.99. The maximum Gasteiger partial charge on any atom is 0.254 e. The predicted molar refractivity (Wildman–Crippen MR) is 106 cm³/mol. The molecule has 0 bridgehead atoms. The van der Waals surface area contributed by atoms with E-state index in [9.17, 15) is 4.79 Å². The lowest BCUT2D eigenvalue weighted by atomic mass is 9.98. The average molecular weight is 380 g/mol. The van der Waals surface area contributed by atoms with Crippen molar-refractivity contribution in [1.82, 2.24) is 25.6 Å². The molecule has 9 heteroatoms. The van der Waals surface area contributed by atoms with Crippen LogP contribution in [0, 0.1) is 17.2 Å². The van der Waals surface area contributed by atoms with Crippen LogP contribution in [0.4, 0.5) is 17.3 Å². The Morgan fingerprint density at radius 3 is 2.68 bits per heavy atom. The first kappa shape index (κ1) is 19.5. The molecule has 2 aromatic rings. The molecule has 146 valence electrons. The van der Waals surface area contributed by atoms with Crippen molar-refractivity contribution in [3.8, 4) is 6.07 Å². The Bertz CT molecular complexity index is 840. The number of amides is 1. The molecule has 0 aliphatic carbocycles. The molecule has 0 unspecified atom stereocenters. The number of hydrogen-bond acceptors (Lipinski definition) is 8. The van der Waals surface area contributed by atoms with Crippen molar-refractivity contribution in [2.45, 2.75) is 19.8 Å². The second-order valence-corrected chi connectivity index (χ2v) is 6.57. The predicted octanol–water partition coefficient (Wildman–Crippen LogP) is 1.65. The van der Waals surface area contributed by atoms with E-state index in [0.717, 1.165) is 38.2 Å². The van der Waals surface area contributed by atoms with Gasteiger partial charge in [-0.2, -0.15) is 5.26 Å². The molecule has 1 fully saturated rings. The van der Waals surface area contributed by atoms with Gasteiger partial charge in [0.1, 0.15) is 17.7 Å². The minimum absolute atomic E-state index is 0.160. The highest BCUT2D eigenvalue weighted by Gasteiger charge is 2.16. The third kappa shape index (κ3) is 5.14. The van der Waals surface area contributed by atoms with E-state index in [-0.39, 0.29) is 11.6 Å². The number of hydrogen-bond donors (Lipinski definition) is 4. The molecule has 3 rings (SSSR count). The summed E-state index contributed by atoms with van der Waals surface area (Å²) >= 11 is 0. The summed E-state index contributed by atoms with van der Waals surface area (Å²) in [6.45, 7) is 5.28. The van der Waals surface area contributed by atoms with Gasteiger partial charge in [0.25, 0.3) is 5.91 Å². The van der Waals surface area contributed by atoms with Crippen molar-refractivity contribution in [2.24, 2.45) is 5.92 Å². The number of pyridine rings is 1. The SMILES string of the molecule is CCNC(=O)c1cnc(Nc2cnc(C#N)cn2)cc1NCC1CCNCC1. The van der Waals surface area contributed by atoms with Crippen molar-refractivity contribution in [3.63, 3.8) is 0 Å². The minimum Gasteiger partial charge on any atom is -0.384 e. The number of nitrogens with one attached hydrogen (secondary N) is 4. The Hall–Kier alpha value is -3.25. The van der Waals surface area contributed by atoms with Crippen LogP contribution >= 0.6 is 0 Å². The normalized spacial score (nSPS) is 14.1. The number of nitrogens with zero attached hydrogens (tertiary/aromatic N) is 4. The third-order valence-corrected chi connectivity index (χ3v) is 4.55. The summed E-state index contributed by atoms with van der Waals surface area (Å²) in [5, 5.41) is 21.5. The van der Waals surface area contributed by atoms with Crippen LogP contribution in [0.25, 0.3) is 0 Å². The molecule has 9 nitrogen and oxygen atoms in total. The van der Waals surface area contributed by atoms with E-state index >= 15 is 0 Å². The van der Waals surface area contributed by atoms with Gasteiger partial charge in [0, 0.05) is 25.4 Å². The van der Waals surface area contributed by atoms with Crippen molar-refractivity contribution >= 4 is 23.2 Å². The Balaban J connectivity index is 1.77. The summed E-state index contributed by atoms with van der Waals surface area (Å²) in [5.41, 5.74) is 1.48. The average Bonchev–Trinajstić information content (AvgIpc) is 2.74. The molecule has 1 aliphatic rings. The molecule has 0 spiro atoms. The summed E-state index contributed by atoms with van der Waals surface area (Å²) < 4.78 is 0. The molecule has 0 saturated carbocycles. The van der Waals surface area contributed by atoms with Crippen LogP contribution in [0.15, 0.2) is 24.7 Å². The Kier molecular flexibility index (Phi) is 6.70. The van der Waals surface area contributed by atoms with Gasteiger partial charge in [-0.25, -0.2) is 15.0 Å². The van der Waals surface area contributed by atoms with E-state index in [1.54, 1.807) is 12.3 Å². The van der Waals surface area contributed by atoms with Crippen molar-refractivity contribution < 1.29 is 4.79 Å². The topological polar surface area (TPSA) is 128 Å². The van der Waals surface area contributed by atoms with Gasteiger partial charge in [0.2, 0.25) is 0 Å². The Morgan fingerprint density at radius 1 is 1.21 bits per heavy atom.